The van der Waals surface area contributed by atoms with E-state index < -0.39 is 11.2 Å². The number of rotatable bonds is 2. The topological polar surface area (TPSA) is 64.1 Å². The molecule has 0 fully saturated rings. The quantitative estimate of drug-likeness (QED) is 0.898. The molecule has 0 spiro atoms. The Morgan fingerprint density at radius 1 is 1.37 bits per heavy atom. The molecule has 1 aromatic carbocycles. The lowest BCUT2D eigenvalue weighted by molar-refractivity contribution is 0.206. The normalized spacial score (nSPS) is 17.0. The van der Waals surface area contributed by atoms with Gasteiger partial charge >= 0.3 is 5.69 Å². The molecule has 1 aliphatic heterocycles. The molecule has 0 amide bonds. The number of ether oxygens (including phenoxy) is 1. The maximum atomic E-state index is 11.6. The molecule has 1 aromatic heterocycles. The Hall–Kier alpha value is -2.01. The van der Waals surface area contributed by atoms with E-state index in [9.17, 15) is 9.59 Å². The molecule has 1 atom stereocenters. The van der Waals surface area contributed by atoms with E-state index in [2.05, 4.69) is 4.98 Å². The molecular weight excluding hydrogens is 268 g/mol. The van der Waals surface area contributed by atoms with Crippen molar-refractivity contribution in [2.24, 2.45) is 0 Å². The molecule has 0 aliphatic carbocycles. The van der Waals surface area contributed by atoms with Gasteiger partial charge < -0.3 is 4.74 Å². The second-order valence-corrected chi connectivity index (χ2v) is 4.85. The van der Waals surface area contributed by atoms with Crippen molar-refractivity contribution >= 4 is 11.6 Å². The third kappa shape index (κ3) is 2.29. The van der Waals surface area contributed by atoms with Crippen LogP contribution < -0.4 is 16.0 Å². The summed E-state index contributed by atoms with van der Waals surface area (Å²) in [6.07, 6.45) is 1.95. The zero-order valence-electron chi connectivity index (χ0n) is 9.93. The number of aromatic nitrogens is 2. The molecule has 2 heterocycles. The number of halogens is 1. The maximum Gasteiger partial charge on any atom is 0.328 e. The standard InChI is InChI=1S/C13H11ClN2O3/c14-10-7-16(13(18)15-12(10)17)6-9-5-8-3-1-2-4-11(8)19-9/h1-4,7,9H,5-6H2,(H,15,17,18). The van der Waals surface area contributed by atoms with Crippen LogP contribution in [0.1, 0.15) is 5.56 Å². The minimum absolute atomic E-state index is 0.00453. The minimum atomic E-state index is -0.571. The summed E-state index contributed by atoms with van der Waals surface area (Å²) in [6, 6.07) is 7.76. The van der Waals surface area contributed by atoms with Crippen LogP contribution in [0.2, 0.25) is 5.02 Å². The van der Waals surface area contributed by atoms with Crippen LogP contribution in [0.4, 0.5) is 0 Å². The zero-order valence-corrected chi connectivity index (χ0v) is 10.7. The van der Waals surface area contributed by atoms with Gasteiger partial charge in [0.15, 0.2) is 0 Å². The summed E-state index contributed by atoms with van der Waals surface area (Å²) in [4.78, 5) is 25.0. The van der Waals surface area contributed by atoms with Crippen LogP contribution in [0.15, 0.2) is 40.1 Å². The molecule has 0 saturated heterocycles. The maximum absolute atomic E-state index is 11.6. The predicted molar refractivity (Wildman–Crippen MR) is 70.9 cm³/mol. The first-order valence-corrected chi connectivity index (χ1v) is 6.25. The second-order valence-electron chi connectivity index (χ2n) is 4.44. The molecule has 3 rings (SSSR count). The van der Waals surface area contributed by atoms with E-state index in [4.69, 9.17) is 16.3 Å². The highest BCUT2D eigenvalue weighted by molar-refractivity contribution is 6.30. The summed E-state index contributed by atoms with van der Waals surface area (Å²) in [5.74, 6) is 0.844. The largest absolute Gasteiger partial charge is 0.488 e. The Kier molecular flexibility index (Phi) is 2.91. The first-order chi connectivity index (χ1) is 9.13. The van der Waals surface area contributed by atoms with Crippen LogP contribution in [0.3, 0.4) is 0 Å². The molecule has 0 saturated carbocycles. The summed E-state index contributed by atoms with van der Waals surface area (Å²) in [5, 5.41) is -0.00453. The van der Waals surface area contributed by atoms with Crippen molar-refractivity contribution in [3.63, 3.8) is 0 Å². The van der Waals surface area contributed by atoms with E-state index in [1.54, 1.807) is 0 Å². The van der Waals surface area contributed by atoms with Crippen molar-refractivity contribution in [1.82, 2.24) is 9.55 Å². The lowest BCUT2D eigenvalue weighted by Gasteiger charge is -2.12. The first-order valence-electron chi connectivity index (χ1n) is 5.87. The van der Waals surface area contributed by atoms with Gasteiger partial charge in [-0.1, -0.05) is 29.8 Å². The third-order valence-corrected chi connectivity index (χ3v) is 3.35. The predicted octanol–water partition coefficient (Wildman–Crippen LogP) is 1.19. The molecule has 98 valence electrons. The van der Waals surface area contributed by atoms with Gasteiger partial charge in [0, 0.05) is 12.6 Å². The van der Waals surface area contributed by atoms with Gasteiger partial charge in [-0.3, -0.25) is 14.3 Å². The van der Waals surface area contributed by atoms with Gasteiger partial charge in [0.2, 0.25) is 0 Å². The molecule has 0 radical (unpaired) electrons. The van der Waals surface area contributed by atoms with Crippen LogP contribution in [0, 0.1) is 0 Å². The van der Waals surface area contributed by atoms with Crippen LogP contribution >= 0.6 is 11.6 Å². The number of hydrogen-bond donors (Lipinski definition) is 1. The van der Waals surface area contributed by atoms with Crippen molar-refractivity contribution in [2.45, 2.75) is 19.1 Å². The Labute approximate surface area is 113 Å². The summed E-state index contributed by atoms with van der Waals surface area (Å²) in [5.41, 5.74) is 0.0727. The summed E-state index contributed by atoms with van der Waals surface area (Å²) in [6.45, 7) is 0.351. The molecule has 1 unspecified atom stereocenters. The highest BCUT2D eigenvalue weighted by Crippen LogP contribution is 2.28. The average Bonchev–Trinajstić information content (AvgIpc) is 2.78. The number of fused-ring (bicyclic) bond motifs is 1. The van der Waals surface area contributed by atoms with Gasteiger partial charge in [-0.15, -0.1) is 0 Å². The average molecular weight is 279 g/mol. The van der Waals surface area contributed by atoms with Crippen molar-refractivity contribution < 1.29 is 4.74 Å². The van der Waals surface area contributed by atoms with Gasteiger partial charge in [-0.2, -0.15) is 0 Å². The summed E-state index contributed by atoms with van der Waals surface area (Å²) >= 11 is 5.72. The van der Waals surface area contributed by atoms with Crippen LogP contribution in [-0.2, 0) is 13.0 Å². The number of nitrogens with zero attached hydrogens (tertiary/aromatic N) is 1. The number of para-hydroxylation sites is 1. The smallest absolute Gasteiger partial charge is 0.328 e. The van der Waals surface area contributed by atoms with E-state index >= 15 is 0 Å². The monoisotopic (exact) mass is 278 g/mol. The first kappa shape index (κ1) is 12.0. The van der Waals surface area contributed by atoms with E-state index in [0.29, 0.717) is 6.54 Å². The van der Waals surface area contributed by atoms with Crippen molar-refractivity contribution in [1.29, 1.82) is 0 Å². The lowest BCUT2D eigenvalue weighted by atomic mass is 10.1. The highest BCUT2D eigenvalue weighted by Gasteiger charge is 2.23. The van der Waals surface area contributed by atoms with Crippen molar-refractivity contribution in [3.8, 4) is 5.75 Å². The second kappa shape index (κ2) is 4.59. The molecule has 1 N–H and O–H groups in total. The molecule has 0 bridgehead atoms. The summed E-state index contributed by atoms with van der Waals surface area (Å²) in [7, 11) is 0. The lowest BCUT2D eigenvalue weighted by Crippen LogP contribution is -2.34. The molecule has 19 heavy (non-hydrogen) atoms. The fourth-order valence-electron chi connectivity index (χ4n) is 2.19. The van der Waals surface area contributed by atoms with Gasteiger partial charge in [0.05, 0.1) is 6.54 Å². The number of aromatic amines is 1. The molecule has 1 aliphatic rings. The van der Waals surface area contributed by atoms with E-state index in [0.717, 1.165) is 17.7 Å². The number of nitrogens with one attached hydrogen (secondary N) is 1. The van der Waals surface area contributed by atoms with E-state index in [1.165, 1.54) is 10.8 Å². The molecule has 6 heteroatoms. The fourth-order valence-corrected chi connectivity index (χ4v) is 2.36. The van der Waals surface area contributed by atoms with Gasteiger partial charge in [-0.05, 0) is 11.6 Å². The summed E-state index contributed by atoms with van der Waals surface area (Å²) < 4.78 is 7.10. The number of H-pyrrole nitrogens is 1. The Morgan fingerprint density at radius 3 is 2.95 bits per heavy atom. The number of hydrogen-bond acceptors (Lipinski definition) is 3. The Bertz CT molecular complexity index is 710. The van der Waals surface area contributed by atoms with Crippen LogP contribution in [0.25, 0.3) is 0 Å². The van der Waals surface area contributed by atoms with Gasteiger partial charge in [0.1, 0.15) is 16.9 Å². The Morgan fingerprint density at radius 2 is 2.16 bits per heavy atom. The van der Waals surface area contributed by atoms with Crippen LogP contribution in [-0.4, -0.2) is 15.7 Å². The molecule has 5 nitrogen and oxygen atoms in total. The Balaban J connectivity index is 1.83. The molecule has 2 aromatic rings. The number of benzene rings is 1. The zero-order chi connectivity index (χ0) is 13.4. The minimum Gasteiger partial charge on any atom is -0.488 e. The van der Waals surface area contributed by atoms with E-state index in [1.807, 2.05) is 24.3 Å². The van der Waals surface area contributed by atoms with Gasteiger partial charge in [-0.25, -0.2) is 4.79 Å². The van der Waals surface area contributed by atoms with E-state index in [-0.39, 0.29) is 11.1 Å². The van der Waals surface area contributed by atoms with Crippen molar-refractivity contribution in [2.75, 3.05) is 0 Å². The van der Waals surface area contributed by atoms with Crippen LogP contribution in [0.5, 0.6) is 5.75 Å². The third-order valence-electron chi connectivity index (χ3n) is 3.08. The fraction of sp³-hybridized carbons (Fsp3) is 0.231. The van der Waals surface area contributed by atoms with Crippen molar-refractivity contribution in [3.05, 3.63) is 61.9 Å². The van der Waals surface area contributed by atoms with Gasteiger partial charge in [0.25, 0.3) is 5.56 Å². The highest BCUT2D eigenvalue weighted by atomic mass is 35.5. The molecular formula is C13H11ClN2O3. The SMILES string of the molecule is O=c1[nH]c(=O)n(CC2Cc3ccccc3O2)cc1Cl.